The van der Waals surface area contributed by atoms with Crippen molar-refractivity contribution in [3.8, 4) is 0 Å². The molecule has 1 saturated heterocycles. The van der Waals surface area contributed by atoms with Gasteiger partial charge in [-0.1, -0.05) is 0 Å². The Morgan fingerprint density at radius 1 is 1.33 bits per heavy atom. The van der Waals surface area contributed by atoms with Gasteiger partial charge in [0.15, 0.2) is 0 Å². The summed E-state index contributed by atoms with van der Waals surface area (Å²) in [6.07, 6.45) is 2.56. The SMILES string of the molecule is CC(C)(N)CCC(=O)Nc1ccc(N2CCCC2=O)cc1. The van der Waals surface area contributed by atoms with Crippen LogP contribution in [-0.4, -0.2) is 23.9 Å². The lowest BCUT2D eigenvalue weighted by molar-refractivity contribution is -0.117. The van der Waals surface area contributed by atoms with Gasteiger partial charge in [0.1, 0.15) is 0 Å². The van der Waals surface area contributed by atoms with Crippen LogP contribution in [0.2, 0.25) is 0 Å². The van der Waals surface area contributed by atoms with Gasteiger partial charge in [0, 0.05) is 36.3 Å². The van der Waals surface area contributed by atoms with Crippen LogP contribution in [0.1, 0.15) is 39.5 Å². The minimum absolute atomic E-state index is 0.0430. The minimum Gasteiger partial charge on any atom is -0.326 e. The first kappa shape index (κ1) is 15.5. The summed E-state index contributed by atoms with van der Waals surface area (Å²) in [4.78, 5) is 25.3. The number of nitrogens with two attached hydrogens (primary N) is 1. The van der Waals surface area contributed by atoms with Gasteiger partial charge in [0.05, 0.1) is 0 Å². The molecule has 0 atom stereocenters. The van der Waals surface area contributed by atoms with E-state index in [1.165, 1.54) is 0 Å². The topological polar surface area (TPSA) is 75.4 Å². The standard InChI is InChI=1S/C16H23N3O2/c1-16(2,17)10-9-14(20)18-12-5-7-13(8-6-12)19-11-3-4-15(19)21/h5-8H,3-4,9-11,17H2,1-2H3,(H,18,20). The Morgan fingerprint density at radius 3 is 2.52 bits per heavy atom. The Morgan fingerprint density at radius 2 is 2.00 bits per heavy atom. The Kier molecular flexibility index (Phi) is 4.63. The number of hydrogen-bond acceptors (Lipinski definition) is 3. The molecule has 114 valence electrons. The van der Waals surface area contributed by atoms with Gasteiger partial charge < -0.3 is 16.0 Å². The molecule has 1 fully saturated rings. The number of carbonyl (C=O) groups excluding carboxylic acids is 2. The van der Waals surface area contributed by atoms with Crippen molar-refractivity contribution in [1.82, 2.24) is 0 Å². The van der Waals surface area contributed by atoms with Crippen molar-refractivity contribution in [3.63, 3.8) is 0 Å². The van der Waals surface area contributed by atoms with Crippen LogP contribution in [0.5, 0.6) is 0 Å². The average molecular weight is 289 g/mol. The Bertz CT molecular complexity index is 517. The number of anilines is 2. The van der Waals surface area contributed by atoms with E-state index in [-0.39, 0.29) is 17.4 Å². The minimum atomic E-state index is -0.336. The van der Waals surface area contributed by atoms with Crippen molar-refractivity contribution in [1.29, 1.82) is 0 Å². The van der Waals surface area contributed by atoms with Crippen molar-refractivity contribution in [2.24, 2.45) is 5.73 Å². The van der Waals surface area contributed by atoms with E-state index in [0.29, 0.717) is 19.3 Å². The molecule has 1 aromatic carbocycles. The van der Waals surface area contributed by atoms with Crippen molar-refractivity contribution in [3.05, 3.63) is 24.3 Å². The van der Waals surface area contributed by atoms with E-state index in [1.54, 1.807) is 4.90 Å². The molecule has 0 unspecified atom stereocenters. The van der Waals surface area contributed by atoms with Gasteiger partial charge in [-0.25, -0.2) is 0 Å². The zero-order valence-corrected chi connectivity index (χ0v) is 12.7. The molecular formula is C16H23N3O2. The fourth-order valence-electron chi connectivity index (χ4n) is 2.31. The predicted molar refractivity (Wildman–Crippen MR) is 84.2 cm³/mol. The van der Waals surface area contributed by atoms with E-state index < -0.39 is 0 Å². The summed E-state index contributed by atoms with van der Waals surface area (Å²) < 4.78 is 0. The number of benzene rings is 1. The van der Waals surface area contributed by atoms with Crippen LogP contribution < -0.4 is 16.0 Å². The Hall–Kier alpha value is -1.88. The average Bonchev–Trinajstić information content (AvgIpc) is 2.83. The summed E-state index contributed by atoms with van der Waals surface area (Å²) in [5, 5.41) is 2.85. The first-order valence-corrected chi connectivity index (χ1v) is 7.34. The lowest BCUT2D eigenvalue weighted by atomic mass is 10.00. The molecule has 0 saturated carbocycles. The largest absolute Gasteiger partial charge is 0.326 e. The molecule has 5 heteroatoms. The van der Waals surface area contributed by atoms with Gasteiger partial charge in [0.2, 0.25) is 11.8 Å². The Labute approximate surface area is 125 Å². The summed E-state index contributed by atoms with van der Waals surface area (Å²) in [6.45, 7) is 4.58. The van der Waals surface area contributed by atoms with Crippen LogP contribution >= 0.6 is 0 Å². The highest BCUT2D eigenvalue weighted by molar-refractivity contribution is 5.96. The second-order valence-corrected chi connectivity index (χ2v) is 6.23. The highest BCUT2D eigenvalue weighted by atomic mass is 16.2. The molecule has 3 N–H and O–H groups in total. The number of nitrogens with zero attached hydrogens (tertiary/aromatic N) is 1. The smallest absolute Gasteiger partial charge is 0.227 e. The zero-order chi connectivity index (χ0) is 15.5. The lowest BCUT2D eigenvalue weighted by Crippen LogP contribution is -2.33. The van der Waals surface area contributed by atoms with Gasteiger partial charge in [-0.2, -0.15) is 0 Å². The third-order valence-corrected chi connectivity index (χ3v) is 3.53. The quantitative estimate of drug-likeness (QED) is 0.873. The third-order valence-electron chi connectivity index (χ3n) is 3.53. The molecule has 2 amide bonds. The maximum absolute atomic E-state index is 11.8. The van der Waals surface area contributed by atoms with E-state index in [9.17, 15) is 9.59 Å². The van der Waals surface area contributed by atoms with Gasteiger partial charge in [-0.3, -0.25) is 9.59 Å². The van der Waals surface area contributed by atoms with Crippen molar-refractivity contribution >= 4 is 23.2 Å². The van der Waals surface area contributed by atoms with Crippen LogP contribution in [0.4, 0.5) is 11.4 Å². The summed E-state index contributed by atoms with van der Waals surface area (Å²) in [6, 6.07) is 7.39. The lowest BCUT2D eigenvalue weighted by Gasteiger charge is -2.18. The number of hydrogen-bond donors (Lipinski definition) is 2. The van der Waals surface area contributed by atoms with E-state index in [4.69, 9.17) is 5.73 Å². The second-order valence-electron chi connectivity index (χ2n) is 6.23. The molecule has 0 radical (unpaired) electrons. The molecule has 0 spiro atoms. The molecule has 0 bridgehead atoms. The zero-order valence-electron chi connectivity index (χ0n) is 12.7. The maximum Gasteiger partial charge on any atom is 0.227 e. The monoisotopic (exact) mass is 289 g/mol. The summed E-state index contributed by atoms with van der Waals surface area (Å²) >= 11 is 0. The van der Waals surface area contributed by atoms with Gasteiger partial charge in [0.25, 0.3) is 0 Å². The van der Waals surface area contributed by atoms with Crippen molar-refractivity contribution in [2.75, 3.05) is 16.8 Å². The van der Waals surface area contributed by atoms with Crippen LogP contribution in [0, 0.1) is 0 Å². The second kappa shape index (κ2) is 6.26. The van der Waals surface area contributed by atoms with Crippen LogP contribution in [-0.2, 0) is 9.59 Å². The van der Waals surface area contributed by atoms with Crippen LogP contribution in [0.25, 0.3) is 0 Å². The van der Waals surface area contributed by atoms with Crippen LogP contribution in [0.3, 0.4) is 0 Å². The number of rotatable bonds is 5. The summed E-state index contributed by atoms with van der Waals surface area (Å²) in [5.74, 6) is 0.121. The van der Waals surface area contributed by atoms with E-state index >= 15 is 0 Å². The first-order chi connectivity index (χ1) is 9.85. The van der Waals surface area contributed by atoms with Gasteiger partial charge in [-0.05, 0) is 51.0 Å². The molecule has 1 aliphatic rings. The van der Waals surface area contributed by atoms with Gasteiger partial charge >= 0.3 is 0 Å². The van der Waals surface area contributed by atoms with Crippen LogP contribution in [0.15, 0.2) is 24.3 Å². The molecule has 1 aromatic rings. The number of carbonyl (C=O) groups is 2. The van der Waals surface area contributed by atoms with Crippen molar-refractivity contribution < 1.29 is 9.59 Å². The molecule has 1 heterocycles. The highest BCUT2D eigenvalue weighted by Gasteiger charge is 2.21. The predicted octanol–water partition coefficient (Wildman–Crippen LogP) is 2.27. The fourth-order valence-corrected chi connectivity index (χ4v) is 2.31. The van der Waals surface area contributed by atoms with E-state index in [2.05, 4.69) is 5.32 Å². The number of amides is 2. The number of nitrogens with one attached hydrogen (secondary N) is 1. The van der Waals surface area contributed by atoms with E-state index in [1.807, 2.05) is 38.1 Å². The fraction of sp³-hybridized carbons (Fsp3) is 0.500. The normalized spacial score (nSPS) is 15.4. The molecule has 5 nitrogen and oxygen atoms in total. The summed E-state index contributed by atoms with van der Waals surface area (Å²) in [5.41, 5.74) is 7.15. The third kappa shape index (κ3) is 4.56. The Balaban J connectivity index is 1.90. The maximum atomic E-state index is 11.8. The van der Waals surface area contributed by atoms with E-state index in [0.717, 1.165) is 24.3 Å². The van der Waals surface area contributed by atoms with Gasteiger partial charge in [-0.15, -0.1) is 0 Å². The first-order valence-electron chi connectivity index (χ1n) is 7.34. The van der Waals surface area contributed by atoms with Crippen molar-refractivity contribution in [2.45, 2.75) is 45.1 Å². The molecule has 0 aromatic heterocycles. The molecule has 0 aliphatic carbocycles. The molecular weight excluding hydrogens is 266 g/mol. The molecule has 2 rings (SSSR count). The molecule has 1 aliphatic heterocycles. The molecule has 21 heavy (non-hydrogen) atoms. The summed E-state index contributed by atoms with van der Waals surface area (Å²) in [7, 11) is 0. The highest BCUT2D eigenvalue weighted by Crippen LogP contribution is 2.23.